The van der Waals surface area contributed by atoms with Crippen LogP contribution in [0.25, 0.3) is 0 Å². The van der Waals surface area contributed by atoms with Crippen molar-refractivity contribution in [3.8, 4) is 0 Å². The molecule has 0 aliphatic rings. The van der Waals surface area contributed by atoms with E-state index < -0.39 is 51.1 Å². The molecule has 212 valence electrons. The molecule has 0 fully saturated rings. The highest BCUT2D eigenvalue weighted by Gasteiger charge is 2.28. The normalized spacial score (nSPS) is 14.6. The molecule has 4 N–H and O–H groups in total. The minimum absolute atomic E-state index is 0.163. The van der Waals surface area contributed by atoms with Gasteiger partial charge in [-0.15, -0.1) is 0 Å². The van der Waals surface area contributed by atoms with Crippen LogP contribution >= 0.6 is 7.82 Å². The van der Waals surface area contributed by atoms with Crippen molar-refractivity contribution < 1.29 is 47.5 Å². The lowest BCUT2D eigenvalue weighted by Gasteiger charge is -2.20. The average molecular weight is 540 g/mol. The Kier molecular flexibility index (Phi) is 20.6. The molecule has 0 aliphatic heterocycles. The lowest BCUT2D eigenvalue weighted by atomic mass is 10.1. The average Bonchev–Trinajstić information content (AvgIpc) is 2.83. The third-order valence-electron chi connectivity index (χ3n) is 5.36. The summed E-state index contributed by atoms with van der Waals surface area (Å²) in [6.45, 7) is 2.57. The lowest BCUT2D eigenvalue weighted by molar-refractivity contribution is -0.161. The topological polar surface area (TPSA) is 172 Å². The second-order valence-corrected chi connectivity index (χ2v) is 10.3. The fourth-order valence-electron chi connectivity index (χ4n) is 3.18. The van der Waals surface area contributed by atoms with Gasteiger partial charge in [0.05, 0.1) is 13.2 Å². The number of ether oxygens (including phenoxy) is 2. The summed E-state index contributed by atoms with van der Waals surface area (Å²) in [5.74, 6) is -2.40. The van der Waals surface area contributed by atoms with Crippen LogP contribution in [0.4, 0.5) is 0 Å². The van der Waals surface area contributed by atoms with E-state index in [9.17, 15) is 23.8 Å². The van der Waals surface area contributed by atoms with Crippen LogP contribution in [0.5, 0.6) is 0 Å². The number of carboxylic acids is 1. The number of aliphatic carboxylic acids is 1. The van der Waals surface area contributed by atoms with E-state index in [2.05, 4.69) is 18.4 Å². The van der Waals surface area contributed by atoms with Crippen LogP contribution in [-0.2, 0) is 37.5 Å². The molecule has 0 aliphatic carbocycles. The maximum Gasteiger partial charge on any atom is 0.472 e. The highest BCUT2D eigenvalue weighted by molar-refractivity contribution is 7.47. The molecule has 12 heteroatoms. The zero-order valence-corrected chi connectivity index (χ0v) is 22.8. The second-order valence-electron chi connectivity index (χ2n) is 8.84. The monoisotopic (exact) mass is 539 g/mol. The quantitative estimate of drug-likeness (QED) is 0.0896. The van der Waals surface area contributed by atoms with Crippen LogP contribution in [0.15, 0.2) is 0 Å². The van der Waals surface area contributed by atoms with Gasteiger partial charge in [0, 0.05) is 12.8 Å². The smallest absolute Gasteiger partial charge is 0.472 e. The molecule has 3 atom stereocenters. The predicted molar refractivity (Wildman–Crippen MR) is 134 cm³/mol. The number of phosphoric acid groups is 1. The van der Waals surface area contributed by atoms with Crippen molar-refractivity contribution in [1.82, 2.24) is 0 Å². The third kappa shape index (κ3) is 20.7. The highest BCUT2D eigenvalue weighted by Crippen LogP contribution is 2.43. The third-order valence-corrected chi connectivity index (χ3v) is 6.31. The van der Waals surface area contributed by atoms with Crippen LogP contribution in [-0.4, -0.2) is 59.9 Å². The molecule has 0 amide bonds. The molecule has 3 unspecified atom stereocenters. The molecule has 0 rings (SSSR count). The SMILES string of the molecule is CCCCCCCCCC(=O)OC(COC(=O)CCCCCCC)COP(=O)(O)OCC(N)C(=O)O. The van der Waals surface area contributed by atoms with Crippen LogP contribution < -0.4 is 5.73 Å². The van der Waals surface area contributed by atoms with Gasteiger partial charge in [-0.2, -0.15) is 0 Å². The predicted octanol–water partition coefficient (Wildman–Crippen LogP) is 4.49. The Balaban J connectivity index is 4.64. The summed E-state index contributed by atoms with van der Waals surface area (Å²) in [6.07, 6.45) is 11.3. The first-order valence-electron chi connectivity index (χ1n) is 13.1. The molecular weight excluding hydrogens is 493 g/mol. The minimum Gasteiger partial charge on any atom is -0.480 e. The summed E-state index contributed by atoms with van der Waals surface area (Å²) in [6, 6.07) is -1.51. The molecule has 36 heavy (non-hydrogen) atoms. The number of hydrogen-bond donors (Lipinski definition) is 3. The zero-order chi connectivity index (χ0) is 27.2. The lowest BCUT2D eigenvalue weighted by Crippen LogP contribution is -2.34. The molecule has 0 bridgehead atoms. The van der Waals surface area contributed by atoms with Gasteiger partial charge >= 0.3 is 25.7 Å². The second kappa shape index (κ2) is 21.6. The minimum atomic E-state index is -4.67. The Morgan fingerprint density at radius 2 is 1.22 bits per heavy atom. The van der Waals surface area contributed by atoms with Gasteiger partial charge in [0.1, 0.15) is 12.6 Å². The first-order chi connectivity index (χ1) is 17.1. The molecule has 0 heterocycles. The van der Waals surface area contributed by atoms with Crippen LogP contribution in [0.1, 0.15) is 104 Å². The van der Waals surface area contributed by atoms with E-state index in [0.29, 0.717) is 12.8 Å². The van der Waals surface area contributed by atoms with Gasteiger partial charge in [-0.3, -0.25) is 23.4 Å². The summed E-state index contributed by atoms with van der Waals surface area (Å²) in [5, 5.41) is 8.74. The van der Waals surface area contributed by atoms with Crippen molar-refractivity contribution in [3.05, 3.63) is 0 Å². The van der Waals surface area contributed by atoms with Crippen LogP contribution in [0.2, 0.25) is 0 Å². The number of unbranched alkanes of at least 4 members (excludes halogenated alkanes) is 10. The Morgan fingerprint density at radius 1 is 0.750 bits per heavy atom. The van der Waals surface area contributed by atoms with Crippen LogP contribution in [0.3, 0.4) is 0 Å². The van der Waals surface area contributed by atoms with Crippen molar-refractivity contribution in [2.75, 3.05) is 19.8 Å². The van der Waals surface area contributed by atoms with Crippen molar-refractivity contribution in [2.45, 2.75) is 116 Å². The summed E-state index contributed by atoms with van der Waals surface area (Å²) < 4.78 is 31.9. The van der Waals surface area contributed by atoms with E-state index in [1.54, 1.807) is 0 Å². The van der Waals surface area contributed by atoms with E-state index >= 15 is 0 Å². The van der Waals surface area contributed by atoms with E-state index in [0.717, 1.165) is 51.4 Å². The molecule has 0 saturated heterocycles. The van der Waals surface area contributed by atoms with Gasteiger partial charge in [-0.1, -0.05) is 78.1 Å². The molecule has 0 saturated carbocycles. The van der Waals surface area contributed by atoms with Gasteiger partial charge in [0.2, 0.25) is 0 Å². The Bertz CT molecular complexity index is 661. The Morgan fingerprint density at radius 3 is 1.75 bits per heavy atom. The maximum absolute atomic E-state index is 12.3. The van der Waals surface area contributed by atoms with E-state index in [4.69, 9.17) is 24.8 Å². The van der Waals surface area contributed by atoms with E-state index in [-0.39, 0.29) is 19.4 Å². The summed E-state index contributed by atoms with van der Waals surface area (Å²) in [7, 11) is -4.67. The molecule has 0 spiro atoms. The van der Waals surface area contributed by atoms with Gasteiger partial charge in [0.15, 0.2) is 6.10 Å². The number of phosphoric ester groups is 1. The van der Waals surface area contributed by atoms with Crippen molar-refractivity contribution in [3.63, 3.8) is 0 Å². The summed E-state index contributed by atoms with van der Waals surface area (Å²) in [4.78, 5) is 44.8. The number of esters is 2. The van der Waals surface area contributed by atoms with Gasteiger partial charge < -0.3 is 25.2 Å². The number of hydrogen-bond acceptors (Lipinski definition) is 9. The molecule has 0 aromatic carbocycles. The number of nitrogens with two attached hydrogens (primary N) is 1. The zero-order valence-electron chi connectivity index (χ0n) is 21.9. The van der Waals surface area contributed by atoms with E-state index in [1.807, 2.05) is 0 Å². The molecule has 11 nitrogen and oxygen atoms in total. The Labute approximate surface area is 215 Å². The molecular formula is C24H46NO10P. The number of carbonyl (C=O) groups is 3. The van der Waals surface area contributed by atoms with Gasteiger partial charge in [-0.25, -0.2) is 4.57 Å². The fourth-order valence-corrected chi connectivity index (χ4v) is 3.96. The Hall–Kier alpha value is -1.52. The van der Waals surface area contributed by atoms with Crippen molar-refractivity contribution >= 4 is 25.7 Å². The summed E-state index contributed by atoms with van der Waals surface area (Å²) in [5.41, 5.74) is 5.25. The van der Waals surface area contributed by atoms with E-state index in [1.165, 1.54) is 12.8 Å². The highest BCUT2D eigenvalue weighted by atomic mass is 31.2. The van der Waals surface area contributed by atoms with Crippen molar-refractivity contribution in [1.29, 1.82) is 0 Å². The summed E-state index contributed by atoms with van der Waals surface area (Å²) >= 11 is 0. The van der Waals surface area contributed by atoms with Gasteiger partial charge in [-0.05, 0) is 12.8 Å². The molecule has 0 radical (unpaired) electrons. The number of rotatable bonds is 24. The maximum atomic E-state index is 12.3. The largest absolute Gasteiger partial charge is 0.480 e. The van der Waals surface area contributed by atoms with Gasteiger partial charge in [0.25, 0.3) is 0 Å². The fraction of sp³-hybridized carbons (Fsp3) is 0.875. The first kappa shape index (κ1) is 34.5. The molecule has 0 aromatic rings. The molecule has 0 aromatic heterocycles. The number of carboxylic acid groups (broad SMARTS) is 1. The standard InChI is InChI=1S/C24H46NO10P/c1-3-5-7-9-10-12-14-16-23(27)35-20(17-32-22(26)15-13-11-8-6-4-2)18-33-36(30,31)34-19-21(25)24(28)29/h20-21H,3-19,25H2,1-2H3,(H,28,29)(H,30,31). The number of carbonyl (C=O) groups excluding carboxylic acids is 2. The van der Waals surface area contributed by atoms with Crippen molar-refractivity contribution in [2.24, 2.45) is 5.73 Å². The first-order valence-corrected chi connectivity index (χ1v) is 14.6. The van der Waals surface area contributed by atoms with Crippen LogP contribution in [0, 0.1) is 0 Å².